The quantitative estimate of drug-likeness (QED) is 0.852. The SMILES string of the molecule is CC1(C(=O)O)CCN(CCC(=O)Nc2cccc(Br)c2)C1. The summed E-state index contributed by atoms with van der Waals surface area (Å²) in [6.07, 6.45) is 0.998. The van der Waals surface area contributed by atoms with Gasteiger partial charge in [0.2, 0.25) is 5.91 Å². The Hall–Kier alpha value is -1.40. The normalized spacial score (nSPS) is 22.2. The van der Waals surface area contributed by atoms with E-state index in [1.807, 2.05) is 29.2 Å². The number of hydrogen-bond acceptors (Lipinski definition) is 3. The van der Waals surface area contributed by atoms with Crippen LogP contribution in [0.5, 0.6) is 0 Å². The maximum Gasteiger partial charge on any atom is 0.310 e. The fraction of sp³-hybridized carbons (Fsp3) is 0.467. The number of carboxylic acids is 1. The Bertz CT molecular complexity index is 549. The number of carbonyl (C=O) groups excluding carboxylic acids is 1. The number of nitrogens with one attached hydrogen (secondary N) is 1. The van der Waals surface area contributed by atoms with E-state index >= 15 is 0 Å². The van der Waals surface area contributed by atoms with E-state index in [4.69, 9.17) is 0 Å². The number of rotatable bonds is 5. The molecule has 114 valence electrons. The topological polar surface area (TPSA) is 69.6 Å². The van der Waals surface area contributed by atoms with Gasteiger partial charge in [0, 0.05) is 29.7 Å². The monoisotopic (exact) mass is 354 g/mol. The molecule has 0 bridgehead atoms. The molecular weight excluding hydrogens is 336 g/mol. The van der Waals surface area contributed by atoms with E-state index < -0.39 is 11.4 Å². The van der Waals surface area contributed by atoms with Gasteiger partial charge in [-0.1, -0.05) is 22.0 Å². The lowest BCUT2D eigenvalue weighted by Crippen LogP contribution is -2.33. The molecule has 1 amide bonds. The van der Waals surface area contributed by atoms with Crippen molar-refractivity contribution >= 4 is 33.5 Å². The zero-order chi connectivity index (χ0) is 15.5. The van der Waals surface area contributed by atoms with Crippen molar-refractivity contribution in [1.82, 2.24) is 4.90 Å². The van der Waals surface area contributed by atoms with E-state index in [0.717, 1.165) is 16.7 Å². The van der Waals surface area contributed by atoms with Gasteiger partial charge in [0.05, 0.1) is 5.41 Å². The van der Waals surface area contributed by atoms with Gasteiger partial charge >= 0.3 is 5.97 Å². The van der Waals surface area contributed by atoms with Crippen LogP contribution in [-0.2, 0) is 9.59 Å². The summed E-state index contributed by atoms with van der Waals surface area (Å²) in [4.78, 5) is 25.1. The van der Waals surface area contributed by atoms with E-state index in [9.17, 15) is 14.7 Å². The molecule has 2 N–H and O–H groups in total. The second-order valence-corrected chi connectivity index (χ2v) is 6.62. The molecule has 1 aliphatic rings. The van der Waals surface area contributed by atoms with E-state index in [2.05, 4.69) is 21.2 Å². The number of carbonyl (C=O) groups is 2. The molecule has 0 aliphatic carbocycles. The second kappa shape index (κ2) is 6.58. The van der Waals surface area contributed by atoms with Gasteiger partial charge in [-0.3, -0.25) is 9.59 Å². The van der Waals surface area contributed by atoms with Crippen LogP contribution in [0.25, 0.3) is 0 Å². The van der Waals surface area contributed by atoms with Gasteiger partial charge in [-0.2, -0.15) is 0 Å². The summed E-state index contributed by atoms with van der Waals surface area (Å²) in [6, 6.07) is 7.43. The van der Waals surface area contributed by atoms with Crippen LogP contribution in [0.4, 0.5) is 5.69 Å². The van der Waals surface area contributed by atoms with Gasteiger partial charge in [0.1, 0.15) is 0 Å². The Morgan fingerprint density at radius 3 is 2.86 bits per heavy atom. The van der Waals surface area contributed by atoms with Crippen LogP contribution >= 0.6 is 15.9 Å². The van der Waals surface area contributed by atoms with Crippen LogP contribution in [0.15, 0.2) is 28.7 Å². The van der Waals surface area contributed by atoms with Gasteiger partial charge in [-0.05, 0) is 38.1 Å². The van der Waals surface area contributed by atoms with Crippen molar-refractivity contribution in [2.24, 2.45) is 5.41 Å². The number of benzene rings is 1. The lowest BCUT2D eigenvalue weighted by Gasteiger charge is -2.19. The highest BCUT2D eigenvalue weighted by Crippen LogP contribution is 2.30. The van der Waals surface area contributed by atoms with E-state index in [0.29, 0.717) is 25.9 Å². The Labute approximate surface area is 132 Å². The molecule has 1 aliphatic heterocycles. The van der Waals surface area contributed by atoms with E-state index in [1.54, 1.807) is 6.92 Å². The minimum atomic E-state index is -0.761. The third kappa shape index (κ3) is 4.28. The molecule has 1 unspecified atom stereocenters. The molecule has 1 atom stereocenters. The summed E-state index contributed by atoms with van der Waals surface area (Å²) in [5, 5.41) is 12.0. The van der Waals surface area contributed by atoms with Gasteiger partial charge in [-0.25, -0.2) is 0 Å². The van der Waals surface area contributed by atoms with Gasteiger partial charge < -0.3 is 15.3 Å². The summed E-state index contributed by atoms with van der Waals surface area (Å²) < 4.78 is 0.914. The summed E-state index contributed by atoms with van der Waals surface area (Å²) in [5.74, 6) is -0.819. The molecule has 0 radical (unpaired) electrons. The molecular formula is C15H19BrN2O3. The predicted octanol–water partition coefficient (Wildman–Crippen LogP) is 2.57. The number of aliphatic carboxylic acids is 1. The molecule has 1 fully saturated rings. The standard InChI is InChI=1S/C15H19BrN2O3/c1-15(14(20)21)6-8-18(10-15)7-5-13(19)17-12-4-2-3-11(16)9-12/h2-4,9H,5-8,10H2,1H3,(H,17,19)(H,20,21). The third-order valence-corrected chi connectivity index (χ3v) is 4.33. The number of likely N-dealkylation sites (tertiary alicyclic amines) is 1. The highest BCUT2D eigenvalue weighted by molar-refractivity contribution is 9.10. The molecule has 0 spiro atoms. The Morgan fingerprint density at radius 2 is 2.24 bits per heavy atom. The van der Waals surface area contributed by atoms with Crippen molar-refractivity contribution in [1.29, 1.82) is 0 Å². The van der Waals surface area contributed by atoms with Crippen molar-refractivity contribution in [3.63, 3.8) is 0 Å². The minimum absolute atomic E-state index is 0.0583. The van der Waals surface area contributed by atoms with Crippen LogP contribution in [0.1, 0.15) is 19.8 Å². The number of hydrogen-bond donors (Lipinski definition) is 2. The third-order valence-electron chi connectivity index (χ3n) is 3.83. The summed E-state index contributed by atoms with van der Waals surface area (Å²) >= 11 is 3.36. The Kier molecular flexibility index (Phi) is 5.00. The lowest BCUT2D eigenvalue weighted by atomic mass is 9.90. The van der Waals surface area contributed by atoms with Crippen molar-refractivity contribution in [3.8, 4) is 0 Å². The van der Waals surface area contributed by atoms with Crippen molar-refractivity contribution < 1.29 is 14.7 Å². The van der Waals surface area contributed by atoms with Crippen molar-refractivity contribution in [2.45, 2.75) is 19.8 Å². The van der Waals surface area contributed by atoms with Crippen LogP contribution in [0, 0.1) is 5.41 Å². The Morgan fingerprint density at radius 1 is 1.48 bits per heavy atom. The highest BCUT2D eigenvalue weighted by atomic mass is 79.9. The van der Waals surface area contributed by atoms with Gasteiger partial charge in [0.15, 0.2) is 0 Å². The molecule has 5 nitrogen and oxygen atoms in total. The maximum atomic E-state index is 11.9. The molecule has 1 aromatic rings. The second-order valence-electron chi connectivity index (χ2n) is 5.70. The van der Waals surface area contributed by atoms with Gasteiger partial charge in [0.25, 0.3) is 0 Å². The largest absolute Gasteiger partial charge is 0.481 e. The first-order valence-corrected chi connectivity index (χ1v) is 7.69. The molecule has 0 saturated carbocycles. The van der Waals surface area contributed by atoms with Crippen LogP contribution in [0.3, 0.4) is 0 Å². The van der Waals surface area contributed by atoms with E-state index in [1.165, 1.54) is 0 Å². The molecule has 2 rings (SSSR count). The van der Waals surface area contributed by atoms with Crippen LogP contribution in [0.2, 0.25) is 0 Å². The smallest absolute Gasteiger partial charge is 0.310 e. The van der Waals surface area contributed by atoms with Gasteiger partial charge in [-0.15, -0.1) is 0 Å². The molecule has 1 heterocycles. The van der Waals surface area contributed by atoms with Crippen LogP contribution < -0.4 is 5.32 Å². The average molecular weight is 355 g/mol. The number of halogens is 1. The zero-order valence-corrected chi connectivity index (χ0v) is 13.5. The van der Waals surface area contributed by atoms with Crippen molar-refractivity contribution in [3.05, 3.63) is 28.7 Å². The van der Waals surface area contributed by atoms with Crippen molar-refractivity contribution in [2.75, 3.05) is 25.0 Å². The number of amides is 1. The molecule has 1 saturated heterocycles. The highest BCUT2D eigenvalue weighted by Gasteiger charge is 2.40. The molecule has 6 heteroatoms. The van der Waals surface area contributed by atoms with Crippen LogP contribution in [-0.4, -0.2) is 41.5 Å². The Balaban J connectivity index is 1.79. The molecule has 0 aromatic heterocycles. The fourth-order valence-electron chi connectivity index (χ4n) is 2.47. The minimum Gasteiger partial charge on any atom is -0.481 e. The first kappa shape index (κ1) is 16.0. The van der Waals surface area contributed by atoms with E-state index in [-0.39, 0.29) is 5.91 Å². The fourth-order valence-corrected chi connectivity index (χ4v) is 2.87. The lowest BCUT2D eigenvalue weighted by molar-refractivity contribution is -0.147. The zero-order valence-electron chi connectivity index (χ0n) is 11.9. The summed E-state index contributed by atoms with van der Waals surface area (Å²) in [5.41, 5.74) is 0.0759. The number of carboxylic acid groups (broad SMARTS) is 1. The summed E-state index contributed by atoms with van der Waals surface area (Å²) in [6.45, 7) is 3.58. The summed E-state index contributed by atoms with van der Waals surface area (Å²) in [7, 11) is 0. The molecule has 21 heavy (non-hydrogen) atoms. The number of nitrogens with zero attached hydrogens (tertiary/aromatic N) is 1. The first-order chi connectivity index (χ1) is 9.89. The molecule has 1 aromatic carbocycles. The average Bonchev–Trinajstić information content (AvgIpc) is 2.80. The number of anilines is 1. The maximum absolute atomic E-state index is 11.9. The predicted molar refractivity (Wildman–Crippen MR) is 84.2 cm³/mol. The first-order valence-electron chi connectivity index (χ1n) is 6.90.